The average Bonchev–Trinajstić information content (AvgIpc) is 2.93. The number of rotatable bonds is 2. The maximum Gasteiger partial charge on any atom is 0.254 e. The van der Waals surface area contributed by atoms with E-state index in [1.54, 1.807) is 11.3 Å². The molecule has 2 heterocycles. The second kappa shape index (κ2) is 6.57. The van der Waals surface area contributed by atoms with Crippen LogP contribution >= 0.6 is 23.7 Å². The van der Waals surface area contributed by atoms with Gasteiger partial charge in [-0.25, -0.2) is 0 Å². The number of benzene rings is 1. The summed E-state index contributed by atoms with van der Waals surface area (Å²) in [5.74, 6) is 0.128. The molecule has 0 saturated carbocycles. The van der Waals surface area contributed by atoms with Crippen LogP contribution in [0.25, 0.3) is 10.1 Å². The Morgan fingerprint density at radius 2 is 2.20 bits per heavy atom. The van der Waals surface area contributed by atoms with Gasteiger partial charge >= 0.3 is 0 Å². The van der Waals surface area contributed by atoms with Gasteiger partial charge < -0.3 is 10.6 Å². The lowest BCUT2D eigenvalue weighted by Crippen LogP contribution is -2.47. The highest BCUT2D eigenvalue weighted by molar-refractivity contribution is 7.17. The lowest BCUT2D eigenvalue weighted by atomic mass is 10.0. The molecule has 1 aromatic heterocycles. The first-order valence-corrected chi connectivity index (χ1v) is 7.66. The Kier molecular flexibility index (Phi) is 5.02. The van der Waals surface area contributed by atoms with Crippen LogP contribution in [0, 0.1) is 0 Å². The van der Waals surface area contributed by atoms with E-state index in [1.165, 1.54) is 11.1 Å². The molecular formula is C15H19ClN2OS. The number of carbonyl (C=O) groups excluding carboxylic acids is 1. The van der Waals surface area contributed by atoms with E-state index < -0.39 is 0 Å². The predicted octanol–water partition coefficient (Wildman–Crippen LogP) is 3.28. The van der Waals surface area contributed by atoms with Gasteiger partial charge in [0.25, 0.3) is 5.91 Å². The molecule has 1 aromatic carbocycles. The third-order valence-corrected chi connectivity index (χ3v) is 4.76. The molecule has 1 aliphatic rings. The van der Waals surface area contributed by atoms with Gasteiger partial charge in [0.1, 0.15) is 0 Å². The van der Waals surface area contributed by atoms with Gasteiger partial charge in [0.2, 0.25) is 0 Å². The molecule has 3 rings (SSSR count). The Balaban J connectivity index is 0.00000147. The third-order valence-electron chi connectivity index (χ3n) is 3.86. The Morgan fingerprint density at radius 1 is 1.35 bits per heavy atom. The molecule has 2 N–H and O–H groups in total. The summed E-state index contributed by atoms with van der Waals surface area (Å²) >= 11 is 1.70. The molecule has 1 fully saturated rings. The molecule has 108 valence electrons. The van der Waals surface area contributed by atoms with Crippen LogP contribution in [0.5, 0.6) is 0 Å². The summed E-state index contributed by atoms with van der Waals surface area (Å²) < 4.78 is 1.23. The van der Waals surface area contributed by atoms with Crippen molar-refractivity contribution >= 4 is 39.7 Å². The summed E-state index contributed by atoms with van der Waals surface area (Å²) in [6.45, 7) is 1.40. The highest BCUT2D eigenvalue weighted by Crippen LogP contribution is 2.24. The molecule has 1 saturated heterocycles. The van der Waals surface area contributed by atoms with Crippen molar-refractivity contribution in [3.63, 3.8) is 0 Å². The van der Waals surface area contributed by atoms with Crippen molar-refractivity contribution in [3.8, 4) is 0 Å². The first-order valence-electron chi connectivity index (χ1n) is 6.78. The van der Waals surface area contributed by atoms with Crippen molar-refractivity contribution in [2.75, 3.05) is 13.1 Å². The summed E-state index contributed by atoms with van der Waals surface area (Å²) in [7, 11) is 0. The van der Waals surface area contributed by atoms with Gasteiger partial charge in [0, 0.05) is 29.4 Å². The Bertz CT molecular complexity index is 598. The normalized spacial score (nSPS) is 18.9. The topological polar surface area (TPSA) is 46.3 Å². The van der Waals surface area contributed by atoms with E-state index in [0.717, 1.165) is 30.3 Å². The summed E-state index contributed by atoms with van der Waals surface area (Å²) in [5.41, 5.74) is 6.57. The fraction of sp³-hybridized carbons (Fsp3) is 0.400. The number of nitrogens with two attached hydrogens (primary N) is 1. The van der Waals surface area contributed by atoms with Crippen LogP contribution in [-0.2, 0) is 0 Å². The summed E-state index contributed by atoms with van der Waals surface area (Å²) in [6, 6.07) is 8.24. The fourth-order valence-corrected chi connectivity index (χ4v) is 3.55. The Morgan fingerprint density at radius 3 is 3.00 bits per heavy atom. The van der Waals surface area contributed by atoms with Gasteiger partial charge in [-0.05, 0) is 54.3 Å². The standard InChI is InChI=1S/C15H18N2OS.ClH/c16-10-13-3-1-2-7-17(13)15(18)12-4-5-14-11(9-12)6-8-19-14;/h4-6,8-9,13H,1-3,7,10,16H2;1H. The second-order valence-corrected chi connectivity index (χ2v) is 6.00. The summed E-state index contributed by atoms with van der Waals surface area (Å²) in [4.78, 5) is 14.6. The fourth-order valence-electron chi connectivity index (χ4n) is 2.78. The molecule has 2 aromatic rings. The molecule has 5 heteroatoms. The lowest BCUT2D eigenvalue weighted by Gasteiger charge is -2.35. The molecule has 0 spiro atoms. The molecule has 0 aliphatic carbocycles. The maximum atomic E-state index is 12.6. The van der Waals surface area contributed by atoms with E-state index in [9.17, 15) is 4.79 Å². The minimum absolute atomic E-state index is 0. The minimum Gasteiger partial charge on any atom is -0.334 e. The van der Waals surface area contributed by atoms with Crippen molar-refractivity contribution in [1.29, 1.82) is 0 Å². The van der Waals surface area contributed by atoms with Crippen molar-refractivity contribution < 1.29 is 4.79 Å². The van der Waals surface area contributed by atoms with E-state index in [1.807, 2.05) is 23.1 Å². The highest BCUT2D eigenvalue weighted by Gasteiger charge is 2.26. The van der Waals surface area contributed by atoms with E-state index >= 15 is 0 Å². The third kappa shape index (κ3) is 2.82. The van der Waals surface area contributed by atoms with E-state index in [-0.39, 0.29) is 24.4 Å². The number of thiophene rings is 1. The molecule has 1 aliphatic heterocycles. The Labute approximate surface area is 129 Å². The zero-order chi connectivity index (χ0) is 13.2. The number of amides is 1. The molecule has 1 amide bonds. The number of piperidine rings is 1. The first kappa shape index (κ1) is 15.3. The SMILES string of the molecule is Cl.NCC1CCCCN1C(=O)c1ccc2sccc2c1. The van der Waals surface area contributed by atoms with E-state index in [2.05, 4.69) is 11.4 Å². The lowest BCUT2D eigenvalue weighted by molar-refractivity contribution is 0.0623. The quantitative estimate of drug-likeness (QED) is 0.925. The molecule has 0 bridgehead atoms. The van der Waals surface area contributed by atoms with Gasteiger partial charge in [-0.3, -0.25) is 4.79 Å². The van der Waals surface area contributed by atoms with Crippen LogP contribution in [0.4, 0.5) is 0 Å². The largest absolute Gasteiger partial charge is 0.334 e. The maximum absolute atomic E-state index is 12.6. The van der Waals surface area contributed by atoms with Crippen LogP contribution in [0.1, 0.15) is 29.6 Å². The number of halogens is 1. The van der Waals surface area contributed by atoms with Crippen LogP contribution in [-0.4, -0.2) is 29.9 Å². The van der Waals surface area contributed by atoms with Gasteiger partial charge in [0.05, 0.1) is 0 Å². The smallest absolute Gasteiger partial charge is 0.254 e. The van der Waals surface area contributed by atoms with E-state index in [0.29, 0.717) is 6.54 Å². The summed E-state index contributed by atoms with van der Waals surface area (Å²) in [5, 5.41) is 3.21. The number of hydrogen-bond donors (Lipinski definition) is 1. The molecule has 20 heavy (non-hydrogen) atoms. The average molecular weight is 311 g/mol. The molecule has 1 atom stereocenters. The minimum atomic E-state index is 0. The van der Waals surface area contributed by atoms with Gasteiger partial charge in [0.15, 0.2) is 0 Å². The molecule has 1 unspecified atom stereocenters. The van der Waals surface area contributed by atoms with Crippen LogP contribution in [0.2, 0.25) is 0 Å². The zero-order valence-corrected chi connectivity index (χ0v) is 12.9. The van der Waals surface area contributed by atoms with E-state index in [4.69, 9.17) is 5.73 Å². The number of fused-ring (bicyclic) bond motifs is 1. The summed E-state index contributed by atoms with van der Waals surface area (Å²) in [6.07, 6.45) is 3.29. The number of hydrogen-bond acceptors (Lipinski definition) is 3. The first-order chi connectivity index (χ1) is 9.29. The number of nitrogens with zero attached hydrogens (tertiary/aromatic N) is 1. The zero-order valence-electron chi connectivity index (χ0n) is 11.2. The van der Waals surface area contributed by atoms with Crippen LogP contribution < -0.4 is 5.73 Å². The monoisotopic (exact) mass is 310 g/mol. The number of likely N-dealkylation sites (tertiary alicyclic amines) is 1. The molecule has 3 nitrogen and oxygen atoms in total. The van der Waals surface area contributed by atoms with Crippen LogP contribution in [0.3, 0.4) is 0 Å². The highest BCUT2D eigenvalue weighted by atomic mass is 35.5. The second-order valence-electron chi connectivity index (χ2n) is 5.06. The van der Waals surface area contributed by atoms with Crippen LogP contribution in [0.15, 0.2) is 29.6 Å². The predicted molar refractivity (Wildman–Crippen MR) is 86.8 cm³/mol. The molecule has 0 radical (unpaired) electrons. The van der Waals surface area contributed by atoms with Crippen molar-refractivity contribution in [1.82, 2.24) is 4.90 Å². The Hall–Kier alpha value is -1.10. The van der Waals surface area contributed by atoms with Crippen molar-refractivity contribution in [3.05, 3.63) is 35.2 Å². The number of carbonyl (C=O) groups is 1. The van der Waals surface area contributed by atoms with Crippen molar-refractivity contribution in [2.24, 2.45) is 5.73 Å². The van der Waals surface area contributed by atoms with Gasteiger partial charge in [-0.2, -0.15) is 0 Å². The van der Waals surface area contributed by atoms with Crippen molar-refractivity contribution in [2.45, 2.75) is 25.3 Å². The molecular weight excluding hydrogens is 292 g/mol. The van der Waals surface area contributed by atoms with Gasteiger partial charge in [-0.15, -0.1) is 23.7 Å². The van der Waals surface area contributed by atoms with Gasteiger partial charge in [-0.1, -0.05) is 0 Å².